The molecule has 0 saturated carbocycles. The number of unbranched alkanes of at least 4 members (excludes halogenated alkanes) is 2. The summed E-state index contributed by atoms with van der Waals surface area (Å²) >= 11 is 1.34. The molecule has 41 heavy (non-hydrogen) atoms. The minimum atomic E-state index is -4.68. The molecule has 1 atom stereocenters. The van der Waals surface area contributed by atoms with Gasteiger partial charge in [0, 0.05) is 45.3 Å². The van der Waals surface area contributed by atoms with Crippen molar-refractivity contribution >= 4 is 41.8 Å². The van der Waals surface area contributed by atoms with Crippen LogP contribution in [0.3, 0.4) is 0 Å². The highest BCUT2D eigenvalue weighted by molar-refractivity contribution is 7.51. The highest BCUT2D eigenvalue weighted by Gasteiger charge is 2.35. The number of amides is 3. The fraction of sp³-hybridized carbons (Fsp3) is 0.556. The highest BCUT2D eigenvalue weighted by Crippen LogP contribution is 2.37. The second-order valence-electron chi connectivity index (χ2n) is 9.97. The van der Waals surface area contributed by atoms with E-state index in [4.69, 9.17) is 4.74 Å². The molecule has 2 aromatic rings. The van der Waals surface area contributed by atoms with Crippen molar-refractivity contribution in [3.8, 4) is 10.6 Å². The summed E-state index contributed by atoms with van der Waals surface area (Å²) in [5, 5.41) is 3.78. The number of piperazine rings is 1. The van der Waals surface area contributed by atoms with Gasteiger partial charge in [-0.05, 0) is 12.8 Å². The lowest BCUT2D eigenvalue weighted by Gasteiger charge is -2.36. The number of carbonyl (C=O) groups excluding carboxylic acids is 3. The van der Waals surface area contributed by atoms with E-state index in [2.05, 4.69) is 17.2 Å². The zero-order valence-electron chi connectivity index (χ0n) is 23.8. The molecule has 1 aliphatic heterocycles. The van der Waals surface area contributed by atoms with E-state index in [0.717, 1.165) is 31.2 Å². The summed E-state index contributed by atoms with van der Waals surface area (Å²) in [5.74, 6) is -1.31. The third-order valence-electron chi connectivity index (χ3n) is 6.64. The molecule has 3 N–H and O–H groups in total. The Morgan fingerprint density at radius 3 is 2.32 bits per heavy atom. The highest BCUT2D eigenvalue weighted by atomic mass is 32.1. The summed E-state index contributed by atoms with van der Waals surface area (Å²) in [7, 11) is -2.82. The summed E-state index contributed by atoms with van der Waals surface area (Å²) in [5.41, 5.74) is 0.922. The van der Waals surface area contributed by atoms with Crippen molar-refractivity contribution in [3.05, 3.63) is 36.0 Å². The Morgan fingerprint density at radius 1 is 1.07 bits per heavy atom. The molecule has 1 unspecified atom stereocenters. The Labute approximate surface area is 244 Å². The lowest BCUT2D eigenvalue weighted by molar-refractivity contribution is -0.134. The van der Waals surface area contributed by atoms with Crippen molar-refractivity contribution in [2.24, 2.45) is 0 Å². The molecule has 3 amide bonds. The van der Waals surface area contributed by atoms with Crippen LogP contribution < -0.4 is 10.2 Å². The number of nitrogens with one attached hydrogen (secondary N) is 1. The molecule has 2 heterocycles. The van der Waals surface area contributed by atoms with Gasteiger partial charge in [0.05, 0.1) is 12.8 Å². The lowest BCUT2D eigenvalue weighted by atomic mass is 10.2. The molecule has 1 saturated heterocycles. The predicted molar refractivity (Wildman–Crippen MR) is 158 cm³/mol. The largest absolute Gasteiger partial charge is 0.449 e. The Balaban J connectivity index is 1.78. The van der Waals surface area contributed by atoms with E-state index < -0.39 is 37.7 Å². The molecule has 0 bridgehead atoms. The Kier molecular flexibility index (Phi) is 12.1. The Hall–Kier alpha value is -2.99. The van der Waals surface area contributed by atoms with Crippen LogP contribution in [0.4, 0.5) is 9.80 Å². The first kappa shape index (κ1) is 32.5. The van der Waals surface area contributed by atoms with Crippen molar-refractivity contribution < 1.29 is 33.5 Å². The zero-order valence-corrected chi connectivity index (χ0v) is 25.5. The van der Waals surface area contributed by atoms with Gasteiger partial charge in [0.15, 0.2) is 5.69 Å². The van der Waals surface area contributed by atoms with Gasteiger partial charge in [0.25, 0.3) is 5.91 Å². The average Bonchev–Trinajstić information content (AvgIpc) is 3.41. The van der Waals surface area contributed by atoms with Gasteiger partial charge in [-0.2, -0.15) is 0 Å². The van der Waals surface area contributed by atoms with Crippen LogP contribution in [-0.2, 0) is 14.1 Å². The molecule has 0 aliphatic carbocycles. The van der Waals surface area contributed by atoms with E-state index in [-0.39, 0.29) is 31.9 Å². The normalized spacial score (nSPS) is 14.5. The first-order chi connectivity index (χ1) is 19.5. The molecule has 1 fully saturated rings. The van der Waals surface area contributed by atoms with Gasteiger partial charge in [-0.15, -0.1) is 0 Å². The predicted octanol–water partition coefficient (Wildman–Crippen LogP) is 3.40. The van der Waals surface area contributed by atoms with Crippen LogP contribution in [-0.4, -0.2) is 101 Å². The number of ether oxygens (including phenoxy) is 1. The second kappa shape index (κ2) is 15.3. The monoisotopic (exact) mass is 609 g/mol. The van der Waals surface area contributed by atoms with Crippen LogP contribution in [0.25, 0.3) is 10.6 Å². The number of anilines is 1. The number of thiazole rings is 1. The molecular formula is C27H40N5O7PS. The number of rotatable bonds is 13. The molecule has 12 nitrogen and oxygen atoms in total. The number of aromatic nitrogens is 1. The first-order valence-corrected chi connectivity index (χ1v) is 16.5. The standard InChI is InChI=1S/C27H40N5O7PS/c1-4-6-13-30(3)26-22(29-24(41-26)20-11-9-8-10-12-20)23(33)28-21(19-40(36,37)38)25(34)31-14-16-32(17-15-31)27(35)39-18-7-5-2/h8-12,21H,4-7,13-19H2,1-3H3,(H,28,33)(H2,36,37,38). The van der Waals surface area contributed by atoms with E-state index in [0.29, 0.717) is 23.2 Å². The number of hydrogen-bond donors (Lipinski definition) is 3. The van der Waals surface area contributed by atoms with Gasteiger partial charge in [-0.3, -0.25) is 14.2 Å². The molecule has 3 rings (SSSR count). The molecular weight excluding hydrogens is 569 g/mol. The molecule has 1 aromatic heterocycles. The second-order valence-corrected chi connectivity index (χ2v) is 12.6. The van der Waals surface area contributed by atoms with Crippen LogP contribution in [0.1, 0.15) is 50.0 Å². The summed E-state index contributed by atoms with van der Waals surface area (Å²) in [4.78, 5) is 68.1. The van der Waals surface area contributed by atoms with Gasteiger partial charge in [0.1, 0.15) is 16.1 Å². The molecule has 1 aromatic carbocycles. The lowest BCUT2D eigenvalue weighted by Crippen LogP contribution is -2.56. The molecule has 0 radical (unpaired) electrons. The van der Waals surface area contributed by atoms with Gasteiger partial charge >= 0.3 is 13.7 Å². The number of benzene rings is 1. The third kappa shape index (κ3) is 9.53. The van der Waals surface area contributed by atoms with E-state index in [1.54, 1.807) is 0 Å². The van der Waals surface area contributed by atoms with Crippen LogP contribution in [0.15, 0.2) is 30.3 Å². The average molecular weight is 610 g/mol. The minimum absolute atomic E-state index is 0.0932. The van der Waals surface area contributed by atoms with E-state index in [9.17, 15) is 28.7 Å². The smallest absolute Gasteiger partial charge is 0.409 e. The fourth-order valence-corrected chi connectivity index (χ4v) is 6.07. The summed E-state index contributed by atoms with van der Waals surface area (Å²) in [6.45, 7) is 5.79. The van der Waals surface area contributed by atoms with Crippen molar-refractivity contribution in [1.82, 2.24) is 20.1 Å². The topological polar surface area (TPSA) is 153 Å². The SMILES string of the molecule is CCCCOC(=O)N1CCN(C(=O)C(CP(=O)(O)O)NC(=O)c2nc(-c3ccccc3)sc2N(C)CCCC)CC1. The van der Waals surface area contributed by atoms with Crippen molar-refractivity contribution in [1.29, 1.82) is 0 Å². The van der Waals surface area contributed by atoms with Crippen LogP contribution in [0.2, 0.25) is 0 Å². The van der Waals surface area contributed by atoms with Gasteiger partial charge in [-0.25, -0.2) is 9.78 Å². The maximum atomic E-state index is 13.6. The summed E-state index contributed by atoms with van der Waals surface area (Å²) < 4.78 is 17.2. The minimum Gasteiger partial charge on any atom is -0.449 e. The van der Waals surface area contributed by atoms with Crippen molar-refractivity contribution in [2.75, 3.05) is 57.4 Å². The van der Waals surface area contributed by atoms with E-state index in [1.165, 1.54) is 21.1 Å². The molecule has 0 spiro atoms. The summed E-state index contributed by atoms with van der Waals surface area (Å²) in [6.07, 6.45) is 2.20. The number of nitrogens with zero attached hydrogens (tertiary/aromatic N) is 4. The molecule has 1 aliphatic rings. The van der Waals surface area contributed by atoms with E-state index in [1.807, 2.05) is 49.2 Å². The van der Waals surface area contributed by atoms with Gasteiger partial charge < -0.3 is 34.5 Å². The van der Waals surface area contributed by atoms with Gasteiger partial charge in [-0.1, -0.05) is 68.4 Å². The van der Waals surface area contributed by atoms with Crippen LogP contribution in [0, 0.1) is 0 Å². The quantitative estimate of drug-likeness (QED) is 0.229. The van der Waals surface area contributed by atoms with Crippen LogP contribution in [0.5, 0.6) is 0 Å². The first-order valence-electron chi connectivity index (χ1n) is 13.9. The Bertz CT molecular complexity index is 1210. The third-order valence-corrected chi connectivity index (χ3v) is 8.70. The van der Waals surface area contributed by atoms with Crippen molar-refractivity contribution in [3.63, 3.8) is 0 Å². The van der Waals surface area contributed by atoms with Crippen molar-refractivity contribution in [2.45, 2.75) is 45.6 Å². The fourth-order valence-electron chi connectivity index (χ4n) is 4.29. The van der Waals surface area contributed by atoms with E-state index >= 15 is 0 Å². The number of carbonyl (C=O) groups is 3. The summed E-state index contributed by atoms with van der Waals surface area (Å²) in [6, 6.07) is 7.92. The maximum absolute atomic E-state index is 13.6. The zero-order chi connectivity index (χ0) is 30.0. The molecule has 14 heteroatoms. The maximum Gasteiger partial charge on any atom is 0.409 e. The number of hydrogen-bond acceptors (Lipinski definition) is 8. The Morgan fingerprint density at radius 2 is 1.71 bits per heavy atom. The molecule has 226 valence electrons. The van der Waals surface area contributed by atoms with Crippen LogP contribution >= 0.6 is 18.9 Å². The van der Waals surface area contributed by atoms with Gasteiger partial charge in [0.2, 0.25) is 5.91 Å².